The maximum Gasteiger partial charge on any atom is 0.0631 e. The van der Waals surface area contributed by atoms with E-state index in [1.54, 1.807) is 0 Å². The lowest BCUT2D eigenvalue weighted by Crippen LogP contribution is -2.27. The highest BCUT2D eigenvalue weighted by Crippen LogP contribution is 2.29. The Labute approximate surface area is 85.5 Å². The number of aryl methyl sites for hydroxylation is 2. The molecule has 1 fully saturated rings. The fourth-order valence-electron chi connectivity index (χ4n) is 2.49. The summed E-state index contributed by atoms with van der Waals surface area (Å²) in [5, 5.41) is 7.89. The number of nitrogens with one attached hydrogen (secondary N) is 1. The van der Waals surface area contributed by atoms with E-state index < -0.39 is 0 Å². The summed E-state index contributed by atoms with van der Waals surface area (Å²) in [7, 11) is 2.03. The molecule has 0 aromatic carbocycles. The molecule has 1 aromatic heterocycles. The number of rotatable bonds is 1. The summed E-state index contributed by atoms with van der Waals surface area (Å²) < 4.78 is 2.01. The Balaban J connectivity index is 2.29. The molecule has 1 saturated heterocycles. The van der Waals surface area contributed by atoms with Crippen LogP contribution in [0.25, 0.3) is 0 Å². The molecule has 0 atom stereocenters. The van der Waals surface area contributed by atoms with Crippen LogP contribution in [0, 0.1) is 13.8 Å². The molecule has 3 nitrogen and oxygen atoms in total. The van der Waals surface area contributed by atoms with Crippen LogP contribution in [-0.4, -0.2) is 22.9 Å². The van der Waals surface area contributed by atoms with E-state index in [0.29, 0.717) is 0 Å². The predicted octanol–water partition coefficient (Wildman–Crippen LogP) is 1.50. The van der Waals surface area contributed by atoms with E-state index in [1.165, 1.54) is 29.8 Å². The van der Waals surface area contributed by atoms with E-state index in [1.807, 2.05) is 11.7 Å². The lowest BCUT2D eigenvalue weighted by atomic mass is 9.89. The molecule has 2 heterocycles. The van der Waals surface area contributed by atoms with Gasteiger partial charge in [-0.15, -0.1) is 0 Å². The maximum atomic E-state index is 4.48. The van der Waals surface area contributed by atoms with E-state index >= 15 is 0 Å². The second-order valence-electron chi connectivity index (χ2n) is 4.23. The van der Waals surface area contributed by atoms with Crippen LogP contribution in [0.3, 0.4) is 0 Å². The first-order valence-electron chi connectivity index (χ1n) is 5.41. The van der Waals surface area contributed by atoms with Gasteiger partial charge in [-0.25, -0.2) is 0 Å². The first-order chi connectivity index (χ1) is 6.70. The van der Waals surface area contributed by atoms with Gasteiger partial charge in [-0.1, -0.05) is 0 Å². The van der Waals surface area contributed by atoms with Gasteiger partial charge >= 0.3 is 0 Å². The van der Waals surface area contributed by atoms with E-state index in [9.17, 15) is 0 Å². The minimum Gasteiger partial charge on any atom is -0.317 e. The van der Waals surface area contributed by atoms with Crippen molar-refractivity contribution >= 4 is 0 Å². The molecule has 0 saturated carbocycles. The fraction of sp³-hybridized carbons (Fsp3) is 0.727. The van der Waals surface area contributed by atoms with Crippen molar-refractivity contribution in [3.05, 3.63) is 17.0 Å². The van der Waals surface area contributed by atoms with Crippen LogP contribution in [-0.2, 0) is 7.05 Å². The number of hydrogen-bond acceptors (Lipinski definition) is 2. The molecule has 1 aliphatic rings. The van der Waals surface area contributed by atoms with E-state index in [2.05, 4.69) is 24.3 Å². The Hall–Kier alpha value is -0.830. The van der Waals surface area contributed by atoms with Crippen LogP contribution in [0.2, 0.25) is 0 Å². The Morgan fingerprint density at radius 3 is 2.43 bits per heavy atom. The molecule has 2 rings (SSSR count). The van der Waals surface area contributed by atoms with E-state index in [-0.39, 0.29) is 0 Å². The van der Waals surface area contributed by atoms with Gasteiger partial charge in [0.15, 0.2) is 0 Å². The molecule has 0 aliphatic carbocycles. The summed E-state index contributed by atoms with van der Waals surface area (Å²) >= 11 is 0. The average molecular weight is 193 g/mol. The zero-order valence-corrected chi connectivity index (χ0v) is 9.30. The number of nitrogens with zero attached hydrogens (tertiary/aromatic N) is 2. The third-order valence-electron chi connectivity index (χ3n) is 3.31. The standard InChI is InChI=1S/C11H19N3/c1-8-11(9(2)14(3)13-8)10-4-6-12-7-5-10/h10,12H,4-7H2,1-3H3. The van der Waals surface area contributed by atoms with Gasteiger partial charge in [-0.05, 0) is 51.3 Å². The molecule has 0 unspecified atom stereocenters. The van der Waals surface area contributed by atoms with Crippen molar-refractivity contribution < 1.29 is 0 Å². The first-order valence-corrected chi connectivity index (χ1v) is 5.41. The number of hydrogen-bond donors (Lipinski definition) is 1. The van der Waals surface area contributed by atoms with E-state index in [4.69, 9.17) is 0 Å². The third kappa shape index (κ3) is 1.57. The summed E-state index contributed by atoms with van der Waals surface area (Å²) in [5.41, 5.74) is 4.06. The molecule has 1 aromatic rings. The fourth-order valence-corrected chi connectivity index (χ4v) is 2.49. The van der Waals surface area contributed by atoms with Crippen molar-refractivity contribution in [1.82, 2.24) is 15.1 Å². The summed E-state index contributed by atoms with van der Waals surface area (Å²) in [6.45, 7) is 6.61. The number of piperidine rings is 1. The summed E-state index contributed by atoms with van der Waals surface area (Å²) in [6.07, 6.45) is 2.51. The van der Waals surface area contributed by atoms with E-state index in [0.717, 1.165) is 19.0 Å². The topological polar surface area (TPSA) is 29.9 Å². The minimum absolute atomic E-state index is 0.727. The quantitative estimate of drug-likeness (QED) is 0.732. The summed E-state index contributed by atoms with van der Waals surface area (Å²) in [5.74, 6) is 0.727. The Morgan fingerprint density at radius 1 is 1.29 bits per heavy atom. The normalized spacial score (nSPS) is 18.8. The van der Waals surface area contributed by atoms with Gasteiger partial charge in [0.2, 0.25) is 0 Å². The van der Waals surface area contributed by atoms with Crippen molar-refractivity contribution in [2.45, 2.75) is 32.6 Å². The van der Waals surface area contributed by atoms with Crippen molar-refractivity contribution in [2.24, 2.45) is 7.05 Å². The Bertz CT molecular complexity index is 322. The van der Waals surface area contributed by atoms with Gasteiger partial charge in [0.05, 0.1) is 5.69 Å². The van der Waals surface area contributed by atoms with Crippen LogP contribution in [0.4, 0.5) is 0 Å². The Kier molecular flexibility index (Phi) is 2.59. The maximum absolute atomic E-state index is 4.48. The highest BCUT2D eigenvalue weighted by molar-refractivity contribution is 5.29. The van der Waals surface area contributed by atoms with Crippen molar-refractivity contribution in [3.63, 3.8) is 0 Å². The van der Waals surface area contributed by atoms with Gasteiger partial charge in [0, 0.05) is 12.7 Å². The second kappa shape index (κ2) is 3.73. The van der Waals surface area contributed by atoms with Gasteiger partial charge in [-0.3, -0.25) is 4.68 Å². The lowest BCUT2D eigenvalue weighted by molar-refractivity contribution is 0.457. The van der Waals surface area contributed by atoms with Crippen LogP contribution < -0.4 is 5.32 Å². The lowest BCUT2D eigenvalue weighted by Gasteiger charge is -2.23. The smallest absolute Gasteiger partial charge is 0.0631 e. The largest absolute Gasteiger partial charge is 0.317 e. The van der Waals surface area contributed by atoms with Crippen molar-refractivity contribution in [3.8, 4) is 0 Å². The molecule has 0 amide bonds. The highest BCUT2D eigenvalue weighted by atomic mass is 15.3. The zero-order chi connectivity index (χ0) is 10.1. The highest BCUT2D eigenvalue weighted by Gasteiger charge is 2.21. The van der Waals surface area contributed by atoms with Crippen LogP contribution >= 0.6 is 0 Å². The number of aromatic nitrogens is 2. The molecular formula is C11H19N3. The molecule has 1 N–H and O–H groups in total. The molecular weight excluding hydrogens is 174 g/mol. The SMILES string of the molecule is Cc1nn(C)c(C)c1C1CCNCC1. The van der Waals surface area contributed by atoms with Gasteiger partial charge in [0.25, 0.3) is 0 Å². The predicted molar refractivity (Wildman–Crippen MR) is 57.5 cm³/mol. The first kappa shape index (κ1) is 9.71. The molecule has 0 radical (unpaired) electrons. The van der Waals surface area contributed by atoms with Crippen molar-refractivity contribution in [1.29, 1.82) is 0 Å². The second-order valence-corrected chi connectivity index (χ2v) is 4.23. The van der Waals surface area contributed by atoms with Crippen LogP contribution in [0.15, 0.2) is 0 Å². The summed E-state index contributed by atoms with van der Waals surface area (Å²) in [4.78, 5) is 0. The molecule has 3 heteroatoms. The monoisotopic (exact) mass is 193 g/mol. The minimum atomic E-state index is 0.727. The molecule has 1 aliphatic heterocycles. The van der Waals surface area contributed by atoms with Gasteiger partial charge in [-0.2, -0.15) is 5.10 Å². The van der Waals surface area contributed by atoms with Gasteiger partial charge < -0.3 is 5.32 Å². The summed E-state index contributed by atoms with van der Waals surface area (Å²) in [6, 6.07) is 0. The molecule has 0 spiro atoms. The van der Waals surface area contributed by atoms with Crippen molar-refractivity contribution in [2.75, 3.05) is 13.1 Å². The van der Waals surface area contributed by atoms with Crippen LogP contribution in [0.1, 0.15) is 35.7 Å². The van der Waals surface area contributed by atoms with Crippen LogP contribution in [0.5, 0.6) is 0 Å². The molecule has 78 valence electrons. The van der Waals surface area contributed by atoms with Gasteiger partial charge in [0.1, 0.15) is 0 Å². The Morgan fingerprint density at radius 2 is 1.93 bits per heavy atom. The molecule has 14 heavy (non-hydrogen) atoms. The third-order valence-corrected chi connectivity index (χ3v) is 3.31. The molecule has 0 bridgehead atoms. The zero-order valence-electron chi connectivity index (χ0n) is 9.30. The average Bonchev–Trinajstić information content (AvgIpc) is 2.43.